The van der Waals surface area contributed by atoms with Crippen molar-refractivity contribution in [3.05, 3.63) is 70.7 Å². The molecule has 0 bridgehead atoms. The molecule has 1 atom stereocenters. The van der Waals surface area contributed by atoms with E-state index in [0.29, 0.717) is 28.7 Å². The van der Waals surface area contributed by atoms with Gasteiger partial charge in [-0.2, -0.15) is 0 Å². The zero-order chi connectivity index (χ0) is 20.6. The average molecular weight is 409 g/mol. The Labute approximate surface area is 174 Å². The van der Waals surface area contributed by atoms with Gasteiger partial charge in [0, 0.05) is 24.1 Å². The van der Waals surface area contributed by atoms with Crippen LogP contribution >= 0.6 is 11.3 Å². The molecule has 3 rings (SSSR count). The molecule has 150 valence electrons. The molecule has 1 heterocycles. The lowest BCUT2D eigenvalue weighted by atomic mass is 9.98. The van der Waals surface area contributed by atoms with Crippen LogP contribution in [-0.4, -0.2) is 22.0 Å². The SMILES string of the molecule is CCCC(=O)Nc1ccc(C(=O)Nc2nnc(CC(C)c3ccccc3)s2)cc1. The molecule has 1 aromatic heterocycles. The van der Waals surface area contributed by atoms with Crippen LogP contribution in [-0.2, 0) is 11.2 Å². The average Bonchev–Trinajstić information content (AvgIpc) is 3.16. The molecule has 0 aliphatic heterocycles. The summed E-state index contributed by atoms with van der Waals surface area (Å²) in [6.45, 7) is 4.10. The van der Waals surface area contributed by atoms with Crippen molar-refractivity contribution in [3.8, 4) is 0 Å². The first kappa shape index (κ1) is 20.7. The number of hydrogen-bond acceptors (Lipinski definition) is 5. The minimum absolute atomic E-state index is 0.0316. The summed E-state index contributed by atoms with van der Waals surface area (Å²) in [7, 11) is 0. The van der Waals surface area contributed by atoms with Crippen LogP contribution < -0.4 is 10.6 Å². The van der Waals surface area contributed by atoms with Crippen molar-refractivity contribution < 1.29 is 9.59 Å². The molecule has 0 saturated carbocycles. The number of benzene rings is 2. The molecule has 2 aromatic carbocycles. The van der Waals surface area contributed by atoms with Crippen molar-refractivity contribution in [3.63, 3.8) is 0 Å². The van der Waals surface area contributed by atoms with Crippen LogP contribution in [0, 0.1) is 0 Å². The molecule has 7 heteroatoms. The largest absolute Gasteiger partial charge is 0.326 e. The topological polar surface area (TPSA) is 84.0 Å². The van der Waals surface area contributed by atoms with Gasteiger partial charge in [0.05, 0.1) is 0 Å². The van der Waals surface area contributed by atoms with Gasteiger partial charge in [-0.05, 0) is 42.2 Å². The maximum absolute atomic E-state index is 12.4. The highest BCUT2D eigenvalue weighted by atomic mass is 32.1. The van der Waals surface area contributed by atoms with Crippen LogP contribution in [0.4, 0.5) is 10.8 Å². The standard InChI is InChI=1S/C22H24N4O2S/c1-3-7-19(27)23-18-12-10-17(11-13-18)21(28)24-22-26-25-20(29-22)14-15(2)16-8-5-4-6-9-16/h4-6,8-13,15H,3,7,14H2,1-2H3,(H,23,27)(H,24,26,28). The fraction of sp³-hybridized carbons (Fsp3) is 0.273. The Morgan fingerprint density at radius 2 is 1.72 bits per heavy atom. The summed E-state index contributed by atoms with van der Waals surface area (Å²) >= 11 is 1.38. The Morgan fingerprint density at radius 1 is 1.00 bits per heavy atom. The third-order valence-corrected chi connectivity index (χ3v) is 5.31. The van der Waals surface area contributed by atoms with E-state index in [2.05, 4.69) is 39.9 Å². The molecule has 0 radical (unpaired) electrons. The Hall–Kier alpha value is -3.06. The third-order valence-electron chi connectivity index (χ3n) is 4.44. The van der Waals surface area contributed by atoms with Gasteiger partial charge in [0.15, 0.2) is 0 Å². The number of nitrogens with zero attached hydrogens (tertiary/aromatic N) is 2. The molecule has 29 heavy (non-hydrogen) atoms. The summed E-state index contributed by atoms with van der Waals surface area (Å²) in [4.78, 5) is 24.1. The first-order valence-corrected chi connectivity index (χ1v) is 10.5. The number of anilines is 2. The summed E-state index contributed by atoms with van der Waals surface area (Å²) < 4.78 is 0. The van der Waals surface area contributed by atoms with Gasteiger partial charge in [-0.3, -0.25) is 14.9 Å². The molecule has 0 aliphatic rings. The molecule has 0 saturated heterocycles. The summed E-state index contributed by atoms with van der Waals surface area (Å²) in [6.07, 6.45) is 2.04. The predicted molar refractivity (Wildman–Crippen MR) is 116 cm³/mol. The van der Waals surface area contributed by atoms with Gasteiger partial charge in [0.2, 0.25) is 11.0 Å². The van der Waals surface area contributed by atoms with Crippen molar-refractivity contribution in [1.82, 2.24) is 10.2 Å². The molecule has 3 aromatic rings. The fourth-order valence-electron chi connectivity index (χ4n) is 2.87. The van der Waals surface area contributed by atoms with Gasteiger partial charge < -0.3 is 5.32 Å². The van der Waals surface area contributed by atoms with Gasteiger partial charge in [-0.15, -0.1) is 10.2 Å². The second-order valence-corrected chi connectivity index (χ2v) is 7.91. The highest BCUT2D eigenvalue weighted by molar-refractivity contribution is 7.15. The molecule has 0 fully saturated rings. The molecular formula is C22H24N4O2S. The van der Waals surface area contributed by atoms with E-state index < -0.39 is 0 Å². The third kappa shape index (κ3) is 5.96. The maximum atomic E-state index is 12.4. The predicted octanol–water partition coefficient (Wildman–Crippen LogP) is 4.88. The minimum Gasteiger partial charge on any atom is -0.326 e. The first-order chi connectivity index (χ1) is 14.0. The number of nitrogens with one attached hydrogen (secondary N) is 2. The summed E-state index contributed by atoms with van der Waals surface area (Å²) in [5, 5.41) is 15.2. The lowest BCUT2D eigenvalue weighted by Gasteiger charge is -2.08. The van der Waals surface area contributed by atoms with Crippen LogP contribution in [0.15, 0.2) is 54.6 Å². The second-order valence-electron chi connectivity index (χ2n) is 6.85. The normalized spacial score (nSPS) is 11.7. The monoisotopic (exact) mass is 408 g/mol. The Morgan fingerprint density at radius 3 is 2.41 bits per heavy atom. The first-order valence-electron chi connectivity index (χ1n) is 9.63. The van der Waals surface area contributed by atoms with Gasteiger partial charge in [-0.25, -0.2) is 0 Å². The quantitative estimate of drug-likeness (QED) is 0.557. The zero-order valence-electron chi connectivity index (χ0n) is 16.5. The van der Waals surface area contributed by atoms with Crippen LogP contribution in [0.2, 0.25) is 0 Å². The van der Waals surface area contributed by atoms with Gasteiger partial charge >= 0.3 is 0 Å². The van der Waals surface area contributed by atoms with E-state index in [1.54, 1.807) is 24.3 Å². The maximum Gasteiger partial charge on any atom is 0.257 e. The molecular weight excluding hydrogens is 384 g/mol. The van der Waals surface area contributed by atoms with Crippen LogP contribution in [0.5, 0.6) is 0 Å². The smallest absolute Gasteiger partial charge is 0.257 e. The van der Waals surface area contributed by atoms with Crippen LogP contribution in [0.1, 0.15) is 53.5 Å². The summed E-state index contributed by atoms with van der Waals surface area (Å²) in [5.74, 6) is 0.0363. The second kappa shape index (κ2) is 9.93. The van der Waals surface area contributed by atoms with E-state index in [9.17, 15) is 9.59 Å². The number of hydrogen-bond donors (Lipinski definition) is 2. The van der Waals surface area contributed by atoms with E-state index >= 15 is 0 Å². The van der Waals surface area contributed by atoms with Crippen molar-refractivity contribution in [1.29, 1.82) is 0 Å². The van der Waals surface area contributed by atoms with Crippen LogP contribution in [0.3, 0.4) is 0 Å². The summed E-state index contributed by atoms with van der Waals surface area (Å²) in [6, 6.07) is 17.0. The number of carbonyl (C=O) groups is 2. The van der Waals surface area contributed by atoms with Gasteiger partial charge in [0.25, 0.3) is 5.91 Å². The molecule has 6 nitrogen and oxygen atoms in total. The van der Waals surface area contributed by atoms with Crippen molar-refractivity contribution in [2.24, 2.45) is 0 Å². The molecule has 2 amide bonds. The van der Waals surface area contributed by atoms with E-state index in [1.807, 2.05) is 25.1 Å². The summed E-state index contributed by atoms with van der Waals surface area (Å²) in [5.41, 5.74) is 2.42. The number of amides is 2. The Kier molecular flexibility index (Phi) is 7.08. The Bertz CT molecular complexity index is 954. The zero-order valence-corrected chi connectivity index (χ0v) is 17.3. The van der Waals surface area contributed by atoms with E-state index in [0.717, 1.165) is 17.8 Å². The van der Waals surface area contributed by atoms with Crippen molar-refractivity contribution >= 4 is 34.0 Å². The van der Waals surface area contributed by atoms with E-state index in [4.69, 9.17) is 0 Å². The lowest BCUT2D eigenvalue weighted by molar-refractivity contribution is -0.116. The number of aromatic nitrogens is 2. The van der Waals surface area contributed by atoms with E-state index in [-0.39, 0.29) is 11.8 Å². The highest BCUT2D eigenvalue weighted by Gasteiger charge is 2.13. The van der Waals surface area contributed by atoms with Crippen LogP contribution in [0.25, 0.3) is 0 Å². The molecule has 1 unspecified atom stereocenters. The fourth-order valence-corrected chi connectivity index (χ4v) is 3.74. The van der Waals surface area contributed by atoms with Crippen molar-refractivity contribution in [2.45, 2.75) is 39.0 Å². The molecule has 2 N–H and O–H groups in total. The van der Waals surface area contributed by atoms with Crippen molar-refractivity contribution in [2.75, 3.05) is 10.6 Å². The Balaban J connectivity index is 1.56. The lowest BCUT2D eigenvalue weighted by Crippen LogP contribution is -2.13. The number of rotatable bonds is 8. The van der Waals surface area contributed by atoms with Gasteiger partial charge in [-0.1, -0.05) is 55.5 Å². The minimum atomic E-state index is -0.254. The number of carbonyl (C=O) groups excluding carboxylic acids is 2. The highest BCUT2D eigenvalue weighted by Crippen LogP contribution is 2.24. The molecule has 0 aliphatic carbocycles. The van der Waals surface area contributed by atoms with E-state index in [1.165, 1.54) is 16.9 Å². The van der Waals surface area contributed by atoms with Gasteiger partial charge in [0.1, 0.15) is 5.01 Å². The molecule has 0 spiro atoms.